The second-order valence-corrected chi connectivity index (χ2v) is 6.44. The van der Waals surface area contributed by atoms with Crippen molar-refractivity contribution >= 4 is 22.5 Å². The van der Waals surface area contributed by atoms with E-state index in [4.69, 9.17) is 4.74 Å². The van der Waals surface area contributed by atoms with Gasteiger partial charge in [-0.3, -0.25) is 5.32 Å². The van der Waals surface area contributed by atoms with E-state index >= 15 is 0 Å². The average molecular weight is 295 g/mol. The predicted octanol–water partition coefficient (Wildman–Crippen LogP) is 2.66. The maximum absolute atomic E-state index is 12.4. The van der Waals surface area contributed by atoms with Crippen LogP contribution in [0.4, 0.5) is 9.93 Å². The van der Waals surface area contributed by atoms with Gasteiger partial charge in [-0.2, -0.15) is 0 Å². The van der Waals surface area contributed by atoms with Gasteiger partial charge in [-0.1, -0.05) is 6.92 Å². The topological polar surface area (TPSA) is 54.5 Å². The Hall–Kier alpha value is -1.14. The minimum absolute atomic E-state index is 0.0359. The number of nitrogens with zero attached hydrogens (tertiary/aromatic N) is 2. The molecule has 0 spiro atoms. The molecule has 1 aromatic heterocycles. The van der Waals surface area contributed by atoms with Crippen LogP contribution in [-0.4, -0.2) is 41.7 Å². The molecule has 3 rings (SSSR count). The Bertz CT molecular complexity index is 465. The van der Waals surface area contributed by atoms with Crippen LogP contribution in [0, 0.1) is 0 Å². The molecule has 0 radical (unpaired) electrons. The molecular formula is C14H21N3O2S. The Kier molecular flexibility index (Phi) is 4.21. The monoisotopic (exact) mass is 295 g/mol. The molecule has 1 aromatic rings. The molecule has 2 heterocycles. The Morgan fingerprint density at radius 2 is 2.35 bits per heavy atom. The fraction of sp³-hybridized carbons (Fsp3) is 0.714. The smallest absolute Gasteiger partial charge is 0.324 e. The first kappa shape index (κ1) is 13.8. The number of thiazole rings is 1. The molecule has 0 aromatic carbocycles. The lowest BCUT2D eigenvalue weighted by atomic mass is 10.0. The SMILES string of the molecule is CCC1COCCN1C(=O)Nc1nc2c(s1)CCCC2. The molecule has 2 amide bonds. The molecule has 1 fully saturated rings. The highest BCUT2D eigenvalue weighted by Crippen LogP contribution is 2.29. The van der Waals surface area contributed by atoms with Crippen LogP contribution in [0.3, 0.4) is 0 Å². The highest BCUT2D eigenvalue weighted by atomic mass is 32.1. The number of nitrogens with one attached hydrogen (secondary N) is 1. The van der Waals surface area contributed by atoms with Crippen LogP contribution < -0.4 is 5.32 Å². The number of carbonyl (C=O) groups excluding carboxylic acids is 1. The molecule has 6 heteroatoms. The van der Waals surface area contributed by atoms with Crippen molar-refractivity contribution in [2.24, 2.45) is 0 Å². The number of carbonyl (C=O) groups is 1. The summed E-state index contributed by atoms with van der Waals surface area (Å²) in [7, 11) is 0. The van der Waals surface area contributed by atoms with Gasteiger partial charge in [0.1, 0.15) is 0 Å². The Labute approximate surface area is 123 Å². The van der Waals surface area contributed by atoms with Crippen LogP contribution in [0.25, 0.3) is 0 Å². The number of hydrogen-bond acceptors (Lipinski definition) is 4. The van der Waals surface area contributed by atoms with E-state index in [0.29, 0.717) is 19.8 Å². The average Bonchev–Trinajstić information content (AvgIpc) is 2.89. The van der Waals surface area contributed by atoms with Crippen LogP contribution in [0.5, 0.6) is 0 Å². The molecule has 20 heavy (non-hydrogen) atoms. The molecule has 0 bridgehead atoms. The van der Waals surface area contributed by atoms with Gasteiger partial charge in [-0.25, -0.2) is 9.78 Å². The van der Waals surface area contributed by atoms with E-state index in [2.05, 4.69) is 17.2 Å². The summed E-state index contributed by atoms with van der Waals surface area (Å²) >= 11 is 1.64. The van der Waals surface area contributed by atoms with Crippen LogP contribution in [0.15, 0.2) is 0 Å². The highest BCUT2D eigenvalue weighted by molar-refractivity contribution is 7.15. The molecule has 1 aliphatic heterocycles. The predicted molar refractivity (Wildman–Crippen MR) is 79.4 cm³/mol. The van der Waals surface area contributed by atoms with Gasteiger partial charge in [-0.05, 0) is 32.1 Å². The van der Waals surface area contributed by atoms with Crippen LogP contribution in [0.2, 0.25) is 0 Å². The standard InChI is InChI=1S/C14H21N3O2S/c1-2-10-9-19-8-7-17(10)14(18)16-13-15-11-5-3-4-6-12(11)20-13/h10H,2-9H2,1H3,(H,15,16,18). The first-order valence-electron chi connectivity index (χ1n) is 7.42. The number of ether oxygens (including phenoxy) is 1. The fourth-order valence-electron chi connectivity index (χ4n) is 2.83. The van der Waals surface area contributed by atoms with Gasteiger partial charge in [0.2, 0.25) is 0 Å². The van der Waals surface area contributed by atoms with Crippen molar-refractivity contribution in [3.05, 3.63) is 10.6 Å². The van der Waals surface area contributed by atoms with E-state index in [0.717, 1.165) is 24.4 Å². The third-order valence-corrected chi connectivity index (χ3v) is 5.09. The summed E-state index contributed by atoms with van der Waals surface area (Å²) in [6.45, 7) is 4.01. The Morgan fingerprint density at radius 3 is 3.15 bits per heavy atom. The van der Waals surface area contributed by atoms with Crippen LogP contribution >= 0.6 is 11.3 Å². The number of morpholine rings is 1. The first-order valence-corrected chi connectivity index (χ1v) is 8.23. The van der Waals surface area contributed by atoms with Crippen molar-refractivity contribution in [1.82, 2.24) is 9.88 Å². The van der Waals surface area contributed by atoms with Crippen molar-refractivity contribution in [3.8, 4) is 0 Å². The summed E-state index contributed by atoms with van der Waals surface area (Å²) in [5.41, 5.74) is 1.19. The number of anilines is 1. The Morgan fingerprint density at radius 1 is 1.50 bits per heavy atom. The van der Waals surface area contributed by atoms with Crippen molar-refractivity contribution in [1.29, 1.82) is 0 Å². The zero-order valence-corrected chi connectivity index (χ0v) is 12.7. The van der Waals surface area contributed by atoms with Crippen molar-refractivity contribution in [3.63, 3.8) is 0 Å². The minimum atomic E-state index is -0.0359. The number of aromatic nitrogens is 1. The van der Waals surface area contributed by atoms with E-state index in [1.165, 1.54) is 23.4 Å². The van der Waals surface area contributed by atoms with Gasteiger partial charge in [0.15, 0.2) is 5.13 Å². The van der Waals surface area contributed by atoms with Gasteiger partial charge in [0.05, 0.1) is 24.9 Å². The molecule has 5 nitrogen and oxygen atoms in total. The van der Waals surface area contributed by atoms with E-state index < -0.39 is 0 Å². The summed E-state index contributed by atoms with van der Waals surface area (Å²) in [5.74, 6) is 0. The molecule has 1 atom stereocenters. The lowest BCUT2D eigenvalue weighted by Crippen LogP contribution is -2.50. The molecule has 1 saturated heterocycles. The third-order valence-electron chi connectivity index (χ3n) is 4.02. The summed E-state index contributed by atoms with van der Waals surface area (Å²) in [6.07, 6.45) is 5.53. The maximum atomic E-state index is 12.4. The molecule has 1 aliphatic carbocycles. The Balaban J connectivity index is 1.67. The molecule has 1 N–H and O–H groups in total. The van der Waals surface area contributed by atoms with Gasteiger partial charge >= 0.3 is 6.03 Å². The van der Waals surface area contributed by atoms with E-state index in [-0.39, 0.29) is 12.1 Å². The van der Waals surface area contributed by atoms with E-state index in [1.54, 1.807) is 11.3 Å². The molecule has 0 saturated carbocycles. The van der Waals surface area contributed by atoms with Crippen molar-refractivity contribution in [2.45, 2.75) is 45.1 Å². The van der Waals surface area contributed by atoms with Gasteiger partial charge in [0.25, 0.3) is 0 Å². The summed E-state index contributed by atoms with van der Waals surface area (Å²) in [4.78, 5) is 20.2. The number of hydrogen-bond donors (Lipinski definition) is 1. The minimum Gasteiger partial charge on any atom is -0.377 e. The second kappa shape index (κ2) is 6.10. The largest absolute Gasteiger partial charge is 0.377 e. The highest BCUT2D eigenvalue weighted by Gasteiger charge is 2.27. The van der Waals surface area contributed by atoms with Gasteiger partial charge in [0, 0.05) is 11.4 Å². The van der Waals surface area contributed by atoms with Gasteiger partial charge < -0.3 is 9.64 Å². The van der Waals surface area contributed by atoms with E-state index in [1.807, 2.05) is 4.90 Å². The molecule has 1 unspecified atom stereocenters. The molecular weight excluding hydrogens is 274 g/mol. The summed E-state index contributed by atoms with van der Waals surface area (Å²) in [6, 6.07) is 0.143. The summed E-state index contributed by atoms with van der Waals surface area (Å²) in [5, 5.41) is 3.72. The van der Waals surface area contributed by atoms with E-state index in [9.17, 15) is 4.79 Å². The van der Waals surface area contributed by atoms with Crippen LogP contribution in [-0.2, 0) is 17.6 Å². The fourth-order valence-corrected chi connectivity index (χ4v) is 3.87. The third kappa shape index (κ3) is 2.81. The number of fused-ring (bicyclic) bond motifs is 1. The zero-order chi connectivity index (χ0) is 13.9. The lowest BCUT2D eigenvalue weighted by Gasteiger charge is -2.34. The number of aryl methyl sites for hydroxylation is 2. The second-order valence-electron chi connectivity index (χ2n) is 5.36. The van der Waals surface area contributed by atoms with Crippen molar-refractivity contribution in [2.75, 3.05) is 25.1 Å². The van der Waals surface area contributed by atoms with Gasteiger partial charge in [-0.15, -0.1) is 11.3 Å². The quantitative estimate of drug-likeness (QED) is 0.912. The maximum Gasteiger partial charge on any atom is 0.324 e. The van der Waals surface area contributed by atoms with Crippen LogP contribution in [0.1, 0.15) is 36.8 Å². The zero-order valence-electron chi connectivity index (χ0n) is 11.9. The molecule has 110 valence electrons. The first-order chi connectivity index (χ1) is 9.78. The lowest BCUT2D eigenvalue weighted by molar-refractivity contribution is 0.0144. The van der Waals surface area contributed by atoms with Crippen molar-refractivity contribution < 1.29 is 9.53 Å². The number of rotatable bonds is 2. The number of urea groups is 1. The molecule has 2 aliphatic rings. The summed E-state index contributed by atoms with van der Waals surface area (Å²) < 4.78 is 5.44. The normalized spacial score (nSPS) is 22.4. The number of amides is 2.